The van der Waals surface area contributed by atoms with Crippen LogP contribution in [0.15, 0.2) is 42.5 Å². The highest BCUT2D eigenvalue weighted by molar-refractivity contribution is 6.39. The van der Waals surface area contributed by atoms with Crippen LogP contribution in [0, 0.1) is 0 Å². The largest absolute Gasteiger partial charge is 0.381 e. The second-order valence-electron chi connectivity index (χ2n) is 6.18. The molecule has 2 aromatic carbocycles. The van der Waals surface area contributed by atoms with Gasteiger partial charge in [0, 0.05) is 30.2 Å². The fourth-order valence-corrected chi connectivity index (χ4v) is 3.88. The van der Waals surface area contributed by atoms with Crippen molar-refractivity contribution in [2.75, 3.05) is 19.8 Å². The van der Waals surface area contributed by atoms with E-state index in [9.17, 15) is 4.79 Å². The number of nitrogens with one attached hydrogen (secondary N) is 1. The highest BCUT2D eigenvalue weighted by atomic mass is 35.5. The first-order chi connectivity index (χ1) is 12.0. The van der Waals surface area contributed by atoms with Crippen molar-refractivity contribution in [3.8, 4) is 0 Å². The average molecular weight is 399 g/mol. The molecule has 1 N–H and O–H groups in total. The van der Waals surface area contributed by atoms with Crippen LogP contribution < -0.4 is 5.32 Å². The lowest BCUT2D eigenvalue weighted by molar-refractivity contribution is 0.0487. The van der Waals surface area contributed by atoms with Crippen LogP contribution in [0.25, 0.3) is 0 Å². The summed E-state index contributed by atoms with van der Waals surface area (Å²) >= 11 is 18.3. The van der Waals surface area contributed by atoms with Gasteiger partial charge in [0.1, 0.15) is 0 Å². The maximum absolute atomic E-state index is 12.6. The summed E-state index contributed by atoms with van der Waals surface area (Å²) in [6.07, 6.45) is 1.65. The van der Waals surface area contributed by atoms with Gasteiger partial charge >= 0.3 is 0 Å². The topological polar surface area (TPSA) is 38.3 Å². The summed E-state index contributed by atoms with van der Waals surface area (Å²) in [6, 6.07) is 12.8. The highest BCUT2D eigenvalue weighted by Crippen LogP contribution is 2.35. The molecule has 0 radical (unpaired) electrons. The Kier molecular flexibility index (Phi) is 5.90. The molecule has 1 saturated heterocycles. The van der Waals surface area contributed by atoms with Crippen molar-refractivity contribution in [3.63, 3.8) is 0 Å². The van der Waals surface area contributed by atoms with E-state index in [1.807, 2.05) is 24.3 Å². The van der Waals surface area contributed by atoms with Gasteiger partial charge in [-0.25, -0.2) is 0 Å². The fourth-order valence-electron chi connectivity index (χ4n) is 3.19. The van der Waals surface area contributed by atoms with E-state index in [1.54, 1.807) is 18.2 Å². The lowest BCUT2D eigenvalue weighted by atomic mass is 9.74. The van der Waals surface area contributed by atoms with Crippen molar-refractivity contribution < 1.29 is 9.53 Å². The van der Waals surface area contributed by atoms with Gasteiger partial charge in [-0.1, -0.05) is 53.0 Å². The zero-order valence-electron chi connectivity index (χ0n) is 13.5. The molecule has 2 aromatic rings. The molecule has 3 nitrogen and oxygen atoms in total. The number of amides is 1. The third-order valence-corrected chi connectivity index (χ3v) is 5.57. The molecule has 0 bridgehead atoms. The molecule has 1 heterocycles. The Hall–Kier alpha value is -1.26. The zero-order chi connectivity index (χ0) is 17.9. The summed E-state index contributed by atoms with van der Waals surface area (Å²) in [5, 5.41) is 4.39. The summed E-state index contributed by atoms with van der Waals surface area (Å²) in [5.74, 6) is -0.268. The molecular formula is C19H18Cl3NO2. The molecule has 1 fully saturated rings. The standard InChI is InChI=1S/C19H18Cl3NO2/c20-14-6-4-13(5-7-14)19(8-10-25-11-9-19)12-23-18(24)17-15(21)2-1-3-16(17)22/h1-7H,8-12H2,(H,23,24). The Labute approximate surface area is 162 Å². The monoisotopic (exact) mass is 397 g/mol. The van der Waals surface area contributed by atoms with Crippen LogP contribution in [-0.2, 0) is 10.2 Å². The summed E-state index contributed by atoms with van der Waals surface area (Å²) in [4.78, 5) is 12.6. The van der Waals surface area contributed by atoms with Gasteiger partial charge in [-0.05, 0) is 42.7 Å². The molecule has 25 heavy (non-hydrogen) atoms. The van der Waals surface area contributed by atoms with E-state index in [4.69, 9.17) is 39.5 Å². The van der Waals surface area contributed by atoms with Crippen molar-refractivity contribution in [2.45, 2.75) is 18.3 Å². The Morgan fingerprint density at radius 2 is 1.60 bits per heavy atom. The van der Waals surface area contributed by atoms with Crippen LogP contribution in [-0.4, -0.2) is 25.7 Å². The van der Waals surface area contributed by atoms with Gasteiger partial charge in [0.2, 0.25) is 0 Å². The Bertz CT molecular complexity index is 736. The van der Waals surface area contributed by atoms with Crippen LogP contribution in [0.1, 0.15) is 28.8 Å². The van der Waals surface area contributed by atoms with Gasteiger partial charge in [0.25, 0.3) is 5.91 Å². The van der Waals surface area contributed by atoms with Crippen molar-refractivity contribution >= 4 is 40.7 Å². The van der Waals surface area contributed by atoms with Crippen LogP contribution in [0.5, 0.6) is 0 Å². The minimum Gasteiger partial charge on any atom is -0.381 e. The molecule has 3 rings (SSSR count). The average Bonchev–Trinajstić information content (AvgIpc) is 2.61. The van der Waals surface area contributed by atoms with E-state index in [-0.39, 0.29) is 11.3 Å². The molecule has 0 aromatic heterocycles. The lowest BCUT2D eigenvalue weighted by Gasteiger charge is -2.38. The molecule has 1 amide bonds. The normalized spacial score (nSPS) is 16.4. The van der Waals surface area contributed by atoms with Crippen molar-refractivity contribution in [2.24, 2.45) is 0 Å². The number of hydrogen-bond acceptors (Lipinski definition) is 2. The molecule has 0 atom stereocenters. The summed E-state index contributed by atoms with van der Waals surface area (Å²) in [6.45, 7) is 1.80. The molecule has 0 spiro atoms. The van der Waals surface area contributed by atoms with E-state index in [0.29, 0.717) is 40.4 Å². The van der Waals surface area contributed by atoms with E-state index >= 15 is 0 Å². The highest BCUT2D eigenvalue weighted by Gasteiger charge is 2.35. The number of carbonyl (C=O) groups is 1. The van der Waals surface area contributed by atoms with Gasteiger partial charge < -0.3 is 10.1 Å². The van der Waals surface area contributed by atoms with Crippen LogP contribution in [0.3, 0.4) is 0 Å². The predicted octanol–water partition coefficient (Wildman–Crippen LogP) is 5.13. The van der Waals surface area contributed by atoms with Crippen LogP contribution >= 0.6 is 34.8 Å². The van der Waals surface area contributed by atoms with Crippen molar-refractivity contribution in [3.05, 3.63) is 68.7 Å². The number of halogens is 3. The number of rotatable bonds is 4. The molecular weight excluding hydrogens is 381 g/mol. The number of hydrogen-bond donors (Lipinski definition) is 1. The molecule has 0 saturated carbocycles. The van der Waals surface area contributed by atoms with Gasteiger partial charge in [0.15, 0.2) is 0 Å². The second kappa shape index (κ2) is 7.96. The third kappa shape index (κ3) is 4.12. The maximum Gasteiger partial charge on any atom is 0.254 e. The number of benzene rings is 2. The summed E-state index contributed by atoms with van der Waals surface area (Å²) in [7, 11) is 0. The smallest absolute Gasteiger partial charge is 0.254 e. The lowest BCUT2D eigenvalue weighted by Crippen LogP contribution is -2.44. The summed E-state index contributed by atoms with van der Waals surface area (Å²) in [5.41, 5.74) is 1.27. The first kappa shape index (κ1) is 18.5. The first-order valence-electron chi connectivity index (χ1n) is 8.08. The van der Waals surface area contributed by atoms with E-state index in [1.165, 1.54) is 0 Å². The van der Waals surface area contributed by atoms with Gasteiger partial charge in [-0.2, -0.15) is 0 Å². The van der Waals surface area contributed by atoms with Gasteiger partial charge in [0.05, 0.1) is 15.6 Å². The molecule has 0 unspecified atom stereocenters. The van der Waals surface area contributed by atoms with E-state index in [2.05, 4.69) is 5.32 Å². The van der Waals surface area contributed by atoms with Crippen molar-refractivity contribution in [1.29, 1.82) is 0 Å². The van der Waals surface area contributed by atoms with E-state index in [0.717, 1.165) is 18.4 Å². The van der Waals surface area contributed by atoms with Crippen molar-refractivity contribution in [1.82, 2.24) is 5.32 Å². The fraction of sp³-hybridized carbons (Fsp3) is 0.316. The molecule has 0 aliphatic carbocycles. The second-order valence-corrected chi connectivity index (χ2v) is 7.43. The Morgan fingerprint density at radius 1 is 1.00 bits per heavy atom. The van der Waals surface area contributed by atoms with Crippen LogP contribution in [0.2, 0.25) is 15.1 Å². The summed E-state index contributed by atoms with van der Waals surface area (Å²) < 4.78 is 5.52. The zero-order valence-corrected chi connectivity index (χ0v) is 15.8. The minimum atomic E-state index is -0.268. The predicted molar refractivity (Wildman–Crippen MR) is 102 cm³/mol. The minimum absolute atomic E-state index is 0.188. The molecule has 1 aliphatic heterocycles. The quantitative estimate of drug-likeness (QED) is 0.776. The SMILES string of the molecule is O=C(NCC1(c2ccc(Cl)cc2)CCOCC1)c1c(Cl)cccc1Cl. The van der Waals surface area contributed by atoms with Crippen LogP contribution in [0.4, 0.5) is 0 Å². The molecule has 132 valence electrons. The molecule has 1 aliphatic rings. The number of ether oxygens (including phenoxy) is 1. The van der Waals surface area contributed by atoms with E-state index < -0.39 is 0 Å². The first-order valence-corrected chi connectivity index (χ1v) is 9.21. The Morgan fingerprint density at radius 3 is 2.20 bits per heavy atom. The van der Waals surface area contributed by atoms with Gasteiger partial charge in [-0.3, -0.25) is 4.79 Å². The number of carbonyl (C=O) groups excluding carboxylic acids is 1. The van der Waals surface area contributed by atoms with Gasteiger partial charge in [-0.15, -0.1) is 0 Å². The maximum atomic E-state index is 12.6. The molecule has 6 heteroatoms. The third-order valence-electron chi connectivity index (χ3n) is 4.68. The Balaban J connectivity index is 1.82.